The second-order valence-corrected chi connectivity index (χ2v) is 10.5. The van der Waals surface area contributed by atoms with Crippen molar-refractivity contribution in [1.82, 2.24) is 4.98 Å². The molecule has 0 aliphatic carbocycles. The van der Waals surface area contributed by atoms with Gasteiger partial charge in [-0.25, -0.2) is 4.98 Å². The number of furan rings is 1. The first-order valence-electron chi connectivity index (χ1n) is 12.9. The highest BCUT2D eigenvalue weighted by Crippen LogP contribution is 2.46. The number of carbonyl (C=O) groups excluding carboxylic acids is 2. The van der Waals surface area contributed by atoms with Gasteiger partial charge < -0.3 is 23.7 Å². The summed E-state index contributed by atoms with van der Waals surface area (Å²) in [4.78, 5) is 33.8. The SMILES string of the molecule is CCOc1ccc(C2C(C(=O)c3cc4cccc(OC)c4o3)=C(O)C(=O)N2c2nc3ccc(C)cc3s2)cc1OC. The van der Waals surface area contributed by atoms with Crippen LogP contribution in [-0.2, 0) is 4.79 Å². The number of hydrogen-bond donors (Lipinski definition) is 1. The van der Waals surface area contributed by atoms with Crippen LogP contribution < -0.4 is 19.1 Å². The maximum absolute atomic E-state index is 14.1. The highest BCUT2D eigenvalue weighted by Gasteiger charge is 2.47. The minimum Gasteiger partial charge on any atom is -0.503 e. The number of nitrogens with zero attached hydrogens (tertiary/aromatic N) is 2. The van der Waals surface area contributed by atoms with Crippen molar-refractivity contribution in [2.75, 3.05) is 25.7 Å². The lowest BCUT2D eigenvalue weighted by Crippen LogP contribution is -2.31. The summed E-state index contributed by atoms with van der Waals surface area (Å²) >= 11 is 1.30. The number of aliphatic hydroxyl groups excluding tert-OH is 1. The van der Waals surface area contributed by atoms with E-state index in [4.69, 9.17) is 18.6 Å². The van der Waals surface area contributed by atoms with Gasteiger partial charge in [-0.3, -0.25) is 14.5 Å². The first-order chi connectivity index (χ1) is 19.8. The average Bonchev–Trinajstić information content (AvgIpc) is 3.67. The van der Waals surface area contributed by atoms with Crippen molar-refractivity contribution in [3.05, 3.63) is 88.9 Å². The van der Waals surface area contributed by atoms with E-state index in [0.717, 1.165) is 10.3 Å². The maximum atomic E-state index is 14.1. The zero-order chi connectivity index (χ0) is 28.8. The predicted octanol–water partition coefficient (Wildman–Crippen LogP) is 6.55. The number of amides is 1. The highest BCUT2D eigenvalue weighted by atomic mass is 32.1. The van der Waals surface area contributed by atoms with Gasteiger partial charge in [-0.05, 0) is 61.4 Å². The Kier molecular flexibility index (Phi) is 6.63. The molecule has 1 aliphatic rings. The standard InChI is InChI=1S/C31H26N2O7S/c1-5-39-20-12-10-17(14-22(20)38-4)26-25(27(34)23-15-18-7-6-8-21(37-3)29(18)40-23)28(35)30(36)33(26)31-32-19-11-9-16(2)13-24(19)41-31/h6-15,26,35H,5H2,1-4H3. The van der Waals surface area contributed by atoms with Gasteiger partial charge in [0.05, 0.1) is 42.7 Å². The van der Waals surface area contributed by atoms with Crippen molar-refractivity contribution in [2.45, 2.75) is 19.9 Å². The first kappa shape index (κ1) is 26.4. The van der Waals surface area contributed by atoms with Crippen LogP contribution in [0.2, 0.25) is 0 Å². The quantitative estimate of drug-likeness (QED) is 0.209. The predicted molar refractivity (Wildman–Crippen MR) is 155 cm³/mol. The molecule has 0 saturated heterocycles. The summed E-state index contributed by atoms with van der Waals surface area (Å²) in [6, 6.07) is 16.8. The lowest BCUT2D eigenvalue weighted by Gasteiger charge is -2.25. The molecule has 9 nitrogen and oxygen atoms in total. The van der Waals surface area contributed by atoms with Crippen LogP contribution in [0.1, 0.15) is 34.6 Å². The van der Waals surface area contributed by atoms with E-state index in [-0.39, 0.29) is 11.3 Å². The molecule has 0 spiro atoms. The van der Waals surface area contributed by atoms with Crippen molar-refractivity contribution < 1.29 is 33.3 Å². The molecular formula is C31H26N2O7S. The molecule has 208 valence electrons. The number of aryl methyl sites for hydroxylation is 1. The Labute approximate surface area is 239 Å². The number of Topliss-reactive ketones (excluding diaryl/α,β-unsaturated/α-hetero) is 1. The zero-order valence-corrected chi connectivity index (χ0v) is 23.6. The third kappa shape index (κ3) is 4.36. The number of rotatable bonds is 8. The smallest absolute Gasteiger partial charge is 0.296 e. The number of anilines is 1. The number of ether oxygens (including phenoxy) is 3. The fourth-order valence-electron chi connectivity index (χ4n) is 5.04. The van der Waals surface area contributed by atoms with Gasteiger partial charge in [0, 0.05) is 5.39 Å². The molecule has 1 aliphatic heterocycles. The van der Waals surface area contributed by atoms with E-state index in [2.05, 4.69) is 4.98 Å². The van der Waals surface area contributed by atoms with Crippen LogP contribution in [0.5, 0.6) is 17.2 Å². The molecule has 41 heavy (non-hydrogen) atoms. The summed E-state index contributed by atoms with van der Waals surface area (Å²) in [7, 11) is 3.02. The van der Waals surface area contributed by atoms with Crippen LogP contribution in [0.25, 0.3) is 21.2 Å². The Balaban J connectivity index is 1.52. The molecule has 5 aromatic rings. The molecule has 1 amide bonds. The molecule has 6 rings (SSSR count). The second-order valence-electron chi connectivity index (χ2n) is 9.47. The molecule has 0 fully saturated rings. The number of aliphatic hydroxyl groups is 1. The lowest BCUT2D eigenvalue weighted by atomic mass is 9.95. The maximum Gasteiger partial charge on any atom is 0.296 e. The second kappa shape index (κ2) is 10.3. The van der Waals surface area contributed by atoms with E-state index >= 15 is 0 Å². The van der Waals surface area contributed by atoms with Crippen LogP contribution in [0.15, 0.2) is 76.4 Å². The molecule has 0 saturated carbocycles. The fourth-order valence-corrected chi connectivity index (χ4v) is 6.13. The molecule has 1 atom stereocenters. The van der Waals surface area contributed by atoms with Gasteiger partial charge in [-0.1, -0.05) is 35.6 Å². The summed E-state index contributed by atoms with van der Waals surface area (Å²) in [6.07, 6.45) is 0. The van der Waals surface area contributed by atoms with Gasteiger partial charge >= 0.3 is 0 Å². The van der Waals surface area contributed by atoms with Crippen LogP contribution in [0.4, 0.5) is 5.13 Å². The van der Waals surface area contributed by atoms with Crippen LogP contribution in [0.3, 0.4) is 0 Å². The van der Waals surface area contributed by atoms with Gasteiger partial charge in [-0.15, -0.1) is 0 Å². The number of aromatic nitrogens is 1. The lowest BCUT2D eigenvalue weighted by molar-refractivity contribution is -0.117. The normalized spacial score (nSPS) is 15.3. The molecule has 0 bridgehead atoms. The van der Waals surface area contributed by atoms with Crippen LogP contribution >= 0.6 is 11.3 Å². The largest absolute Gasteiger partial charge is 0.503 e. The van der Waals surface area contributed by atoms with E-state index in [1.54, 1.807) is 42.5 Å². The van der Waals surface area contributed by atoms with Crippen molar-refractivity contribution in [3.8, 4) is 17.2 Å². The molecular weight excluding hydrogens is 544 g/mol. The molecule has 1 unspecified atom stereocenters. The number of benzene rings is 3. The summed E-state index contributed by atoms with van der Waals surface area (Å²) in [6.45, 7) is 4.26. The number of fused-ring (bicyclic) bond motifs is 2. The number of hydrogen-bond acceptors (Lipinski definition) is 9. The van der Waals surface area contributed by atoms with Gasteiger partial charge in [0.2, 0.25) is 5.78 Å². The third-order valence-electron chi connectivity index (χ3n) is 6.95. The van der Waals surface area contributed by atoms with Crippen molar-refractivity contribution >= 4 is 49.3 Å². The monoisotopic (exact) mass is 570 g/mol. The molecule has 2 aromatic heterocycles. The molecule has 0 radical (unpaired) electrons. The Hall–Kier alpha value is -4.83. The summed E-state index contributed by atoms with van der Waals surface area (Å²) in [5.41, 5.74) is 2.53. The molecule has 10 heteroatoms. The zero-order valence-electron chi connectivity index (χ0n) is 22.8. The van der Waals surface area contributed by atoms with E-state index in [9.17, 15) is 14.7 Å². The number of carbonyl (C=O) groups is 2. The molecule has 1 N–H and O–H groups in total. The molecule has 3 aromatic carbocycles. The third-order valence-corrected chi connectivity index (χ3v) is 7.96. The van der Waals surface area contributed by atoms with Crippen molar-refractivity contribution in [2.24, 2.45) is 0 Å². The number of thiazole rings is 1. The van der Waals surface area contributed by atoms with Crippen molar-refractivity contribution in [1.29, 1.82) is 0 Å². The van der Waals surface area contributed by atoms with Crippen molar-refractivity contribution in [3.63, 3.8) is 0 Å². The Morgan fingerprint density at radius 1 is 1.05 bits per heavy atom. The number of methoxy groups -OCH3 is 2. The topological polar surface area (TPSA) is 111 Å². The van der Waals surface area contributed by atoms with E-state index < -0.39 is 23.5 Å². The Morgan fingerprint density at radius 3 is 2.61 bits per heavy atom. The molecule has 3 heterocycles. The fraction of sp³-hybridized carbons (Fsp3) is 0.194. The Morgan fingerprint density at radius 2 is 1.85 bits per heavy atom. The minimum atomic E-state index is -1.02. The summed E-state index contributed by atoms with van der Waals surface area (Å²) in [5, 5.41) is 12.2. The first-order valence-corrected chi connectivity index (χ1v) is 13.7. The van der Waals surface area contributed by atoms with Crippen LogP contribution in [-0.4, -0.2) is 42.6 Å². The summed E-state index contributed by atoms with van der Waals surface area (Å²) in [5.74, 6) is -0.693. The van der Waals surface area contributed by atoms with Gasteiger partial charge in [0.1, 0.15) is 0 Å². The Bertz CT molecular complexity index is 1870. The number of ketones is 1. The van der Waals surface area contributed by atoms with Gasteiger partial charge in [-0.2, -0.15) is 0 Å². The van der Waals surface area contributed by atoms with E-state index in [1.165, 1.54) is 30.5 Å². The van der Waals surface area contributed by atoms with Crippen LogP contribution in [0, 0.1) is 6.92 Å². The minimum absolute atomic E-state index is 0.0384. The highest BCUT2D eigenvalue weighted by molar-refractivity contribution is 7.22. The van der Waals surface area contributed by atoms with Gasteiger partial charge in [0.15, 0.2) is 39.5 Å². The average molecular weight is 571 g/mol. The van der Waals surface area contributed by atoms with E-state index in [1.807, 2.05) is 32.0 Å². The summed E-state index contributed by atoms with van der Waals surface area (Å²) < 4.78 is 23.4. The van der Waals surface area contributed by atoms with E-state index in [0.29, 0.717) is 51.0 Å². The number of para-hydroxylation sites is 1. The van der Waals surface area contributed by atoms with Gasteiger partial charge in [0.25, 0.3) is 5.91 Å².